The fraction of sp³-hybridized carbons (Fsp3) is 0.0149. The van der Waals surface area contributed by atoms with Crippen LogP contribution in [0.1, 0.15) is 22.3 Å². The molecule has 324 valence electrons. The van der Waals surface area contributed by atoms with Crippen LogP contribution in [0.2, 0.25) is 0 Å². The topological polar surface area (TPSA) is 16.4 Å². The van der Waals surface area contributed by atoms with E-state index in [2.05, 4.69) is 266 Å². The van der Waals surface area contributed by atoms with Gasteiger partial charge in [0, 0.05) is 27.5 Å². The molecule has 0 bridgehead atoms. The van der Waals surface area contributed by atoms with Gasteiger partial charge < -0.3 is 9.32 Å². The molecule has 0 amide bonds. The summed E-state index contributed by atoms with van der Waals surface area (Å²) in [6.45, 7) is 0. The number of para-hydroxylation sites is 4. The highest BCUT2D eigenvalue weighted by atomic mass is 16.3. The molecule has 1 aliphatic carbocycles. The van der Waals surface area contributed by atoms with Crippen LogP contribution in [0.15, 0.2) is 277 Å². The molecule has 0 radical (unpaired) electrons. The largest absolute Gasteiger partial charge is 0.456 e. The van der Waals surface area contributed by atoms with Crippen LogP contribution in [0.5, 0.6) is 0 Å². The number of hydrogen-bond acceptors (Lipinski definition) is 2. The van der Waals surface area contributed by atoms with Gasteiger partial charge in [0.05, 0.1) is 22.5 Å². The lowest BCUT2D eigenvalue weighted by molar-refractivity contribution is 0.669. The zero-order valence-corrected chi connectivity index (χ0v) is 37.8. The Morgan fingerprint density at radius 3 is 1.41 bits per heavy atom. The SMILES string of the molecule is c1ccc(-c2ccc(-c3ccccc3N(c3ccccc3-c3ccc4c(c3)oc3ccccc34)c3ccccc3-c3cccc4c3-c3ccccc3C4(c3ccccc3)c3ccccc3)cc2)cc1. The molecule has 1 aromatic heterocycles. The quantitative estimate of drug-likeness (QED) is 0.144. The van der Waals surface area contributed by atoms with E-state index >= 15 is 0 Å². The summed E-state index contributed by atoms with van der Waals surface area (Å²) >= 11 is 0. The molecule has 2 nitrogen and oxygen atoms in total. The maximum absolute atomic E-state index is 6.52. The molecule has 0 atom stereocenters. The van der Waals surface area contributed by atoms with Crippen molar-refractivity contribution in [2.45, 2.75) is 5.41 Å². The van der Waals surface area contributed by atoms with Gasteiger partial charge in [0.15, 0.2) is 0 Å². The van der Waals surface area contributed by atoms with Crippen molar-refractivity contribution in [2.75, 3.05) is 4.90 Å². The van der Waals surface area contributed by atoms with Gasteiger partial charge in [0.2, 0.25) is 0 Å². The summed E-state index contributed by atoms with van der Waals surface area (Å²) in [5.41, 5.74) is 21.1. The van der Waals surface area contributed by atoms with Gasteiger partial charge in [-0.2, -0.15) is 0 Å². The van der Waals surface area contributed by atoms with Crippen molar-refractivity contribution in [1.82, 2.24) is 0 Å². The first-order valence-electron chi connectivity index (χ1n) is 23.8. The van der Waals surface area contributed by atoms with Crippen LogP contribution in [-0.4, -0.2) is 0 Å². The van der Waals surface area contributed by atoms with E-state index in [1.807, 2.05) is 12.1 Å². The minimum Gasteiger partial charge on any atom is -0.456 e. The minimum atomic E-state index is -0.528. The molecule has 1 aliphatic rings. The van der Waals surface area contributed by atoms with Crippen molar-refractivity contribution in [3.8, 4) is 55.6 Å². The molecule has 0 saturated heterocycles. The number of nitrogens with zero attached hydrogens (tertiary/aromatic N) is 1. The zero-order valence-electron chi connectivity index (χ0n) is 37.8. The van der Waals surface area contributed by atoms with Gasteiger partial charge in [0.1, 0.15) is 11.2 Å². The van der Waals surface area contributed by atoms with Gasteiger partial charge in [-0.1, -0.05) is 237 Å². The fourth-order valence-electron chi connectivity index (χ4n) is 11.2. The van der Waals surface area contributed by atoms with Crippen molar-refractivity contribution >= 4 is 39.0 Å². The predicted octanol–water partition coefficient (Wildman–Crippen LogP) is 18.1. The highest BCUT2D eigenvalue weighted by Gasteiger charge is 2.47. The van der Waals surface area contributed by atoms with Crippen molar-refractivity contribution in [2.24, 2.45) is 0 Å². The van der Waals surface area contributed by atoms with Crippen LogP contribution in [0.4, 0.5) is 17.1 Å². The second-order valence-corrected chi connectivity index (χ2v) is 17.9. The second-order valence-electron chi connectivity index (χ2n) is 17.9. The van der Waals surface area contributed by atoms with E-state index < -0.39 is 5.41 Å². The van der Waals surface area contributed by atoms with Gasteiger partial charge in [-0.05, 0) is 97.6 Å². The number of furan rings is 1. The first-order valence-corrected chi connectivity index (χ1v) is 23.8. The third kappa shape index (κ3) is 6.56. The van der Waals surface area contributed by atoms with Crippen LogP contribution >= 0.6 is 0 Å². The molecule has 2 heteroatoms. The highest BCUT2D eigenvalue weighted by molar-refractivity contribution is 6.07. The molecule has 0 N–H and O–H groups in total. The van der Waals surface area contributed by atoms with Crippen LogP contribution < -0.4 is 4.90 Å². The molecule has 0 aliphatic heterocycles. The first kappa shape index (κ1) is 40.3. The summed E-state index contributed by atoms with van der Waals surface area (Å²) in [5, 5.41) is 2.23. The summed E-state index contributed by atoms with van der Waals surface area (Å²) in [4.78, 5) is 2.50. The van der Waals surface area contributed by atoms with E-state index in [9.17, 15) is 0 Å². The van der Waals surface area contributed by atoms with E-state index in [-0.39, 0.29) is 0 Å². The third-order valence-corrected chi connectivity index (χ3v) is 14.2. The Morgan fingerprint density at radius 1 is 0.275 bits per heavy atom. The number of hydrogen-bond donors (Lipinski definition) is 0. The van der Waals surface area contributed by atoms with Crippen LogP contribution in [0.25, 0.3) is 77.6 Å². The fourth-order valence-corrected chi connectivity index (χ4v) is 11.2. The average molecular weight is 880 g/mol. The maximum Gasteiger partial charge on any atom is 0.136 e. The van der Waals surface area contributed by atoms with Crippen LogP contribution in [0.3, 0.4) is 0 Å². The maximum atomic E-state index is 6.52. The van der Waals surface area contributed by atoms with E-state index in [4.69, 9.17) is 4.42 Å². The first-order chi connectivity index (χ1) is 34.3. The van der Waals surface area contributed by atoms with Crippen LogP contribution in [-0.2, 0) is 5.41 Å². The molecule has 69 heavy (non-hydrogen) atoms. The second kappa shape index (κ2) is 16.7. The Kier molecular flexibility index (Phi) is 9.77. The smallest absolute Gasteiger partial charge is 0.136 e. The minimum absolute atomic E-state index is 0.528. The molecular formula is C67H45NO. The lowest BCUT2D eigenvalue weighted by atomic mass is 9.67. The Morgan fingerprint density at radius 2 is 0.725 bits per heavy atom. The summed E-state index contributed by atoms with van der Waals surface area (Å²) in [6, 6.07) is 99.4. The number of fused-ring (bicyclic) bond motifs is 6. The monoisotopic (exact) mass is 879 g/mol. The molecule has 0 spiro atoms. The van der Waals surface area contributed by atoms with E-state index in [1.54, 1.807) is 0 Å². The summed E-state index contributed by atoms with van der Waals surface area (Å²) in [5.74, 6) is 0. The lowest BCUT2D eigenvalue weighted by Crippen LogP contribution is -2.28. The average Bonchev–Trinajstić information content (AvgIpc) is 3.96. The lowest BCUT2D eigenvalue weighted by Gasteiger charge is -2.34. The Labute approximate surface area is 402 Å². The molecule has 13 rings (SSSR count). The molecule has 12 aromatic rings. The summed E-state index contributed by atoms with van der Waals surface area (Å²) < 4.78 is 6.52. The molecule has 0 saturated carbocycles. The van der Waals surface area contributed by atoms with E-state index in [0.29, 0.717) is 0 Å². The summed E-state index contributed by atoms with van der Waals surface area (Å²) in [7, 11) is 0. The zero-order chi connectivity index (χ0) is 45.7. The highest BCUT2D eigenvalue weighted by Crippen LogP contribution is 2.59. The van der Waals surface area contributed by atoms with Crippen molar-refractivity contribution in [3.05, 3.63) is 295 Å². The van der Waals surface area contributed by atoms with Crippen molar-refractivity contribution in [3.63, 3.8) is 0 Å². The Hall–Kier alpha value is -8.98. The van der Waals surface area contributed by atoms with Gasteiger partial charge in [0.25, 0.3) is 0 Å². The van der Waals surface area contributed by atoms with Crippen molar-refractivity contribution < 1.29 is 4.42 Å². The van der Waals surface area contributed by atoms with Gasteiger partial charge in [-0.15, -0.1) is 0 Å². The van der Waals surface area contributed by atoms with Gasteiger partial charge in [-0.3, -0.25) is 0 Å². The standard InChI is InChI=1S/C67H45NO/c1-4-21-46(22-5-1)47-39-41-48(42-40-47)52-27-11-16-35-61(52)68(62-36-17-12-28-53(62)49-43-44-56-55-30-14-19-38-64(55)69-65(56)45-49)63-37-18-13-29-54(63)57-32-20-34-60-66(57)58-31-10-15-33-59(58)67(60,50-23-6-2-7-24-50)51-25-8-3-9-26-51/h1-45H. The Bertz CT molecular complexity index is 3790. The molecule has 0 unspecified atom stereocenters. The van der Waals surface area contributed by atoms with Gasteiger partial charge >= 0.3 is 0 Å². The number of anilines is 3. The molecular weight excluding hydrogens is 835 g/mol. The molecule has 0 fully saturated rings. The normalized spacial score (nSPS) is 12.5. The summed E-state index contributed by atoms with van der Waals surface area (Å²) in [6.07, 6.45) is 0. The number of rotatable bonds is 9. The van der Waals surface area contributed by atoms with Gasteiger partial charge in [-0.25, -0.2) is 0 Å². The Balaban J connectivity index is 1.06. The van der Waals surface area contributed by atoms with Crippen molar-refractivity contribution in [1.29, 1.82) is 0 Å². The molecule has 1 heterocycles. The van der Waals surface area contributed by atoms with Crippen LogP contribution in [0, 0.1) is 0 Å². The third-order valence-electron chi connectivity index (χ3n) is 14.2. The number of benzene rings is 11. The molecule has 11 aromatic carbocycles. The predicted molar refractivity (Wildman–Crippen MR) is 287 cm³/mol. The van der Waals surface area contributed by atoms with E-state index in [1.165, 1.54) is 50.1 Å². The van der Waals surface area contributed by atoms with E-state index in [0.717, 1.165) is 66.8 Å².